The number of carbonyl (C=O) groups excluding carboxylic acids is 1. The minimum atomic E-state index is -1.15. The molecule has 1 heterocycles. The number of carbonyl (C=O) groups is 2. The second kappa shape index (κ2) is 6.53. The predicted octanol–water partition coefficient (Wildman–Crippen LogP) is 0.267. The first-order valence-electron chi connectivity index (χ1n) is 5.63. The quantitative estimate of drug-likeness (QED) is 0.720. The van der Waals surface area contributed by atoms with Crippen LogP contribution in [-0.4, -0.2) is 40.0 Å². The Hall–Kier alpha value is -2.18. The molecule has 18 heavy (non-hydrogen) atoms. The summed E-state index contributed by atoms with van der Waals surface area (Å²) in [7, 11) is 0. The molecule has 0 atom stereocenters. The number of hydrogen-bond donors (Lipinski definition) is 2. The lowest BCUT2D eigenvalue weighted by Crippen LogP contribution is -2.35. The van der Waals surface area contributed by atoms with Crippen LogP contribution in [0, 0.1) is 0 Å². The lowest BCUT2D eigenvalue weighted by Gasteiger charge is -2.21. The molecule has 0 aliphatic carbocycles. The summed E-state index contributed by atoms with van der Waals surface area (Å²) in [6, 6.07) is 0. The van der Waals surface area contributed by atoms with Crippen molar-refractivity contribution in [2.75, 3.05) is 18.0 Å². The number of nitrogens with zero attached hydrogens (tertiary/aromatic N) is 3. The molecule has 0 fully saturated rings. The molecule has 0 saturated heterocycles. The van der Waals surface area contributed by atoms with Gasteiger partial charge < -0.3 is 15.7 Å². The van der Waals surface area contributed by atoms with E-state index in [9.17, 15) is 9.59 Å². The van der Waals surface area contributed by atoms with Gasteiger partial charge in [-0.2, -0.15) is 0 Å². The zero-order chi connectivity index (χ0) is 13.5. The summed E-state index contributed by atoms with van der Waals surface area (Å²) in [4.78, 5) is 31.2. The number of carboxylic acid groups (broad SMARTS) is 1. The Kier molecular flexibility index (Phi) is 5.04. The lowest BCUT2D eigenvalue weighted by molar-refractivity contribution is -0.116. The Bertz CT molecular complexity index is 436. The first-order chi connectivity index (χ1) is 8.54. The summed E-state index contributed by atoms with van der Waals surface area (Å²) in [5, 5.41) is 8.84. The Labute approximate surface area is 105 Å². The maximum Gasteiger partial charge on any atom is 0.356 e. The number of aromatic carboxylic acids is 1. The number of rotatable bonds is 7. The molecule has 3 N–H and O–H groups in total. The molecule has 98 valence electrons. The average Bonchev–Trinajstić information content (AvgIpc) is 2.34. The van der Waals surface area contributed by atoms with Crippen LogP contribution in [-0.2, 0) is 4.79 Å². The summed E-state index contributed by atoms with van der Waals surface area (Å²) < 4.78 is 0. The molecule has 0 radical (unpaired) electrons. The minimum absolute atomic E-state index is 0.00223. The fraction of sp³-hybridized carbons (Fsp3) is 0.455. The van der Waals surface area contributed by atoms with E-state index in [0.29, 0.717) is 12.4 Å². The standard InChI is InChI=1S/C11H16N4O3/c1-2-3-4-15(7-9(12)16)10-6-13-5-8(14-10)11(17)18/h5-6H,2-4,7H2,1H3,(H2,12,16)(H,17,18). The van der Waals surface area contributed by atoms with Crippen molar-refractivity contribution in [1.29, 1.82) is 0 Å². The van der Waals surface area contributed by atoms with Gasteiger partial charge in [0.15, 0.2) is 5.69 Å². The summed E-state index contributed by atoms with van der Waals surface area (Å²) >= 11 is 0. The third-order valence-corrected chi connectivity index (χ3v) is 2.29. The van der Waals surface area contributed by atoms with Gasteiger partial charge in [-0.3, -0.25) is 9.78 Å². The van der Waals surface area contributed by atoms with Crippen LogP contribution in [0.2, 0.25) is 0 Å². The summed E-state index contributed by atoms with van der Waals surface area (Å²) in [5.41, 5.74) is 5.00. The van der Waals surface area contributed by atoms with Crippen molar-refractivity contribution in [3.8, 4) is 0 Å². The molecule has 0 saturated carbocycles. The van der Waals surface area contributed by atoms with E-state index in [-0.39, 0.29) is 12.2 Å². The van der Waals surface area contributed by atoms with Gasteiger partial charge >= 0.3 is 5.97 Å². The van der Waals surface area contributed by atoms with Crippen LogP contribution < -0.4 is 10.6 Å². The summed E-state index contributed by atoms with van der Waals surface area (Å²) in [6.07, 6.45) is 4.38. The van der Waals surface area contributed by atoms with E-state index in [2.05, 4.69) is 9.97 Å². The monoisotopic (exact) mass is 252 g/mol. The molecule has 0 aliphatic rings. The maximum atomic E-state index is 11.0. The molecular weight excluding hydrogens is 236 g/mol. The number of primary amides is 1. The van der Waals surface area contributed by atoms with Crippen molar-refractivity contribution in [3.05, 3.63) is 18.1 Å². The van der Waals surface area contributed by atoms with Gasteiger partial charge in [-0.15, -0.1) is 0 Å². The van der Waals surface area contributed by atoms with Crippen molar-refractivity contribution >= 4 is 17.7 Å². The predicted molar refractivity (Wildman–Crippen MR) is 65.3 cm³/mol. The van der Waals surface area contributed by atoms with Crippen LogP contribution in [0.1, 0.15) is 30.3 Å². The van der Waals surface area contributed by atoms with Crippen molar-refractivity contribution < 1.29 is 14.7 Å². The number of unbranched alkanes of at least 4 members (excludes halogenated alkanes) is 1. The van der Waals surface area contributed by atoms with Gasteiger partial charge in [0.2, 0.25) is 5.91 Å². The van der Waals surface area contributed by atoms with Gasteiger partial charge in [0.25, 0.3) is 0 Å². The number of amides is 1. The lowest BCUT2D eigenvalue weighted by atomic mass is 10.3. The second-order valence-electron chi connectivity index (χ2n) is 3.81. The third kappa shape index (κ3) is 4.00. The van der Waals surface area contributed by atoms with Gasteiger partial charge in [-0.1, -0.05) is 13.3 Å². The van der Waals surface area contributed by atoms with Gasteiger partial charge in [-0.05, 0) is 6.42 Å². The van der Waals surface area contributed by atoms with Crippen LogP contribution in [0.15, 0.2) is 12.4 Å². The molecule has 0 bridgehead atoms. The fourth-order valence-corrected chi connectivity index (χ4v) is 1.42. The molecular formula is C11H16N4O3. The molecule has 0 spiro atoms. The minimum Gasteiger partial charge on any atom is -0.476 e. The molecule has 1 aromatic rings. The number of carboxylic acids is 1. The topological polar surface area (TPSA) is 109 Å². The number of hydrogen-bond acceptors (Lipinski definition) is 5. The first-order valence-corrected chi connectivity index (χ1v) is 5.63. The van der Waals surface area contributed by atoms with Crippen LogP contribution in [0.5, 0.6) is 0 Å². The van der Waals surface area contributed by atoms with Crippen LogP contribution in [0.4, 0.5) is 5.82 Å². The summed E-state index contributed by atoms with van der Waals surface area (Å²) in [5.74, 6) is -1.30. The molecule has 0 aromatic carbocycles. The molecule has 1 amide bonds. The van der Waals surface area contributed by atoms with E-state index >= 15 is 0 Å². The van der Waals surface area contributed by atoms with E-state index in [1.165, 1.54) is 6.20 Å². The van der Waals surface area contributed by atoms with E-state index in [1.54, 1.807) is 4.90 Å². The molecule has 0 aliphatic heterocycles. The first kappa shape index (κ1) is 13.9. The van der Waals surface area contributed by atoms with E-state index in [1.807, 2.05) is 6.92 Å². The Morgan fingerprint density at radius 1 is 1.44 bits per heavy atom. The normalized spacial score (nSPS) is 10.1. The molecule has 7 nitrogen and oxygen atoms in total. The van der Waals surface area contributed by atoms with E-state index < -0.39 is 11.9 Å². The SMILES string of the molecule is CCCCN(CC(N)=O)c1cncc(C(=O)O)n1. The Morgan fingerprint density at radius 3 is 2.72 bits per heavy atom. The number of nitrogens with two attached hydrogens (primary N) is 1. The zero-order valence-electron chi connectivity index (χ0n) is 10.2. The van der Waals surface area contributed by atoms with E-state index in [4.69, 9.17) is 10.8 Å². The Balaban J connectivity index is 2.92. The average molecular weight is 252 g/mol. The molecule has 0 unspecified atom stereocenters. The highest BCUT2D eigenvalue weighted by Crippen LogP contribution is 2.10. The number of anilines is 1. The highest BCUT2D eigenvalue weighted by molar-refractivity contribution is 5.85. The Morgan fingerprint density at radius 2 is 2.17 bits per heavy atom. The molecule has 7 heteroatoms. The highest BCUT2D eigenvalue weighted by atomic mass is 16.4. The zero-order valence-corrected chi connectivity index (χ0v) is 10.2. The van der Waals surface area contributed by atoms with Crippen molar-refractivity contribution in [3.63, 3.8) is 0 Å². The van der Waals surface area contributed by atoms with Gasteiger partial charge in [0.05, 0.1) is 18.9 Å². The second-order valence-corrected chi connectivity index (χ2v) is 3.81. The van der Waals surface area contributed by atoms with Gasteiger partial charge in [0.1, 0.15) is 5.82 Å². The molecule has 1 rings (SSSR count). The smallest absolute Gasteiger partial charge is 0.356 e. The fourth-order valence-electron chi connectivity index (χ4n) is 1.42. The van der Waals surface area contributed by atoms with Crippen LogP contribution >= 0.6 is 0 Å². The maximum absolute atomic E-state index is 11.0. The highest BCUT2D eigenvalue weighted by Gasteiger charge is 2.13. The number of aromatic nitrogens is 2. The van der Waals surface area contributed by atoms with Crippen LogP contribution in [0.25, 0.3) is 0 Å². The van der Waals surface area contributed by atoms with E-state index in [0.717, 1.165) is 19.0 Å². The van der Waals surface area contributed by atoms with Gasteiger partial charge in [-0.25, -0.2) is 9.78 Å². The van der Waals surface area contributed by atoms with Crippen LogP contribution in [0.3, 0.4) is 0 Å². The van der Waals surface area contributed by atoms with Crippen molar-refractivity contribution in [1.82, 2.24) is 9.97 Å². The largest absolute Gasteiger partial charge is 0.476 e. The molecule has 1 aromatic heterocycles. The van der Waals surface area contributed by atoms with Gasteiger partial charge in [0, 0.05) is 6.54 Å². The third-order valence-electron chi connectivity index (χ3n) is 2.29. The van der Waals surface area contributed by atoms with Crippen molar-refractivity contribution in [2.45, 2.75) is 19.8 Å². The summed E-state index contributed by atoms with van der Waals surface area (Å²) in [6.45, 7) is 2.59. The van der Waals surface area contributed by atoms with Crippen molar-refractivity contribution in [2.24, 2.45) is 5.73 Å².